The Labute approximate surface area is 175 Å². The van der Waals surface area contributed by atoms with E-state index in [1.807, 2.05) is 18.2 Å². The van der Waals surface area contributed by atoms with Crippen molar-refractivity contribution in [3.05, 3.63) is 100 Å². The SMILES string of the molecule is O=C(NN=Cc1ccc(OCc2cccc(Cl)c2)cc1)c1ccc(C(F)(F)F)cc1. The van der Waals surface area contributed by atoms with Crippen molar-refractivity contribution in [2.45, 2.75) is 12.8 Å². The molecule has 0 aliphatic heterocycles. The maximum atomic E-state index is 12.6. The Morgan fingerprint density at radius 1 is 1.03 bits per heavy atom. The second-order valence-corrected chi connectivity index (χ2v) is 6.70. The lowest BCUT2D eigenvalue weighted by Crippen LogP contribution is -2.18. The van der Waals surface area contributed by atoms with E-state index in [9.17, 15) is 18.0 Å². The normalized spacial score (nSPS) is 11.5. The number of ether oxygens (including phenoxy) is 1. The minimum Gasteiger partial charge on any atom is -0.489 e. The third-order valence-electron chi connectivity index (χ3n) is 4.03. The van der Waals surface area contributed by atoms with Gasteiger partial charge in [0.2, 0.25) is 0 Å². The topological polar surface area (TPSA) is 50.7 Å². The van der Waals surface area contributed by atoms with Gasteiger partial charge in [-0.15, -0.1) is 0 Å². The average Bonchev–Trinajstić information content (AvgIpc) is 2.72. The second-order valence-electron chi connectivity index (χ2n) is 6.26. The van der Waals surface area contributed by atoms with Crippen molar-refractivity contribution < 1.29 is 22.7 Å². The number of rotatable bonds is 6. The standard InChI is InChI=1S/C22H16ClF3N2O2/c23-19-3-1-2-16(12-19)14-30-20-10-4-15(5-11-20)13-27-28-21(29)17-6-8-18(9-7-17)22(24,25)26/h1-13H,14H2,(H,28,29). The van der Waals surface area contributed by atoms with Gasteiger partial charge in [-0.3, -0.25) is 4.79 Å². The van der Waals surface area contributed by atoms with E-state index in [1.165, 1.54) is 6.21 Å². The first-order valence-electron chi connectivity index (χ1n) is 8.79. The van der Waals surface area contributed by atoms with Gasteiger partial charge in [-0.2, -0.15) is 18.3 Å². The van der Waals surface area contributed by atoms with Gasteiger partial charge in [0.25, 0.3) is 5.91 Å². The van der Waals surface area contributed by atoms with Crippen LogP contribution in [0.5, 0.6) is 5.75 Å². The first-order valence-corrected chi connectivity index (χ1v) is 9.17. The number of carbonyl (C=O) groups is 1. The van der Waals surface area contributed by atoms with Gasteiger partial charge in [0, 0.05) is 10.6 Å². The van der Waals surface area contributed by atoms with Crippen molar-refractivity contribution >= 4 is 23.7 Å². The molecule has 3 rings (SSSR count). The van der Waals surface area contributed by atoms with E-state index in [2.05, 4.69) is 10.5 Å². The summed E-state index contributed by atoms with van der Waals surface area (Å²) < 4.78 is 43.3. The number of benzene rings is 3. The van der Waals surface area contributed by atoms with Gasteiger partial charge in [-0.25, -0.2) is 5.43 Å². The molecule has 0 atom stereocenters. The van der Waals surface area contributed by atoms with Crippen LogP contribution < -0.4 is 10.2 Å². The Hall–Kier alpha value is -3.32. The third kappa shape index (κ3) is 6.09. The van der Waals surface area contributed by atoms with Crippen LogP contribution in [0.1, 0.15) is 27.0 Å². The van der Waals surface area contributed by atoms with Gasteiger partial charge < -0.3 is 4.74 Å². The van der Waals surface area contributed by atoms with Gasteiger partial charge >= 0.3 is 6.18 Å². The van der Waals surface area contributed by atoms with Crippen LogP contribution in [0.4, 0.5) is 13.2 Å². The van der Waals surface area contributed by atoms with Crippen LogP contribution in [0, 0.1) is 0 Å². The molecule has 0 radical (unpaired) electrons. The van der Waals surface area contributed by atoms with Crippen molar-refractivity contribution in [1.29, 1.82) is 0 Å². The van der Waals surface area contributed by atoms with Crippen molar-refractivity contribution in [3.63, 3.8) is 0 Å². The van der Waals surface area contributed by atoms with Crippen LogP contribution in [0.25, 0.3) is 0 Å². The van der Waals surface area contributed by atoms with Gasteiger partial charge in [0.1, 0.15) is 12.4 Å². The fourth-order valence-electron chi connectivity index (χ4n) is 2.48. The number of amides is 1. The minimum atomic E-state index is -4.45. The largest absolute Gasteiger partial charge is 0.489 e. The summed E-state index contributed by atoms with van der Waals surface area (Å²) in [5.74, 6) is 0.0439. The maximum absolute atomic E-state index is 12.6. The molecule has 30 heavy (non-hydrogen) atoms. The maximum Gasteiger partial charge on any atom is 0.416 e. The van der Waals surface area contributed by atoms with Crippen molar-refractivity contribution in [2.24, 2.45) is 5.10 Å². The molecule has 4 nitrogen and oxygen atoms in total. The number of alkyl halides is 3. The molecule has 0 saturated heterocycles. The number of hydrogen-bond donors (Lipinski definition) is 1. The molecule has 1 N–H and O–H groups in total. The number of hydrogen-bond acceptors (Lipinski definition) is 3. The predicted molar refractivity (Wildman–Crippen MR) is 109 cm³/mol. The molecule has 0 bridgehead atoms. The first-order chi connectivity index (χ1) is 14.3. The monoisotopic (exact) mass is 432 g/mol. The van der Waals surface area contributed by atoms with Gasteiger partial charge in [-0.1, -0.05) is 23.7 Å². The van der Waals surface area contributed by atoms with Crippen LogP contribution in [-0.4, -0.2) is 12.1 Å². The van der Waals surface area contributed by atoms with E-state index in [1.54, 1.807) is 30.3 Å². The third-order valence-corrected chi connectivity index (χ3v) is 4.26. The number of carbonyl (C=O) groups excluding carboxylic acids is 1. The zero-order valence-electron chi connectivity index (χ0n) is 15.5. The van der Waals surface area contributed by atoms with Gasteiger partial charge in [-0.05, 0) is 71.8 Å². The fraction of sp³-hybridized carbons (Fsp3) is 0.0909. The molecule has 0 fully saturated rings. The highest BCUT2D eigenvalue weighted by atomic mass is 35.5. The van der Waals surface area contributed by atoms with E-state index in [0.717, 1.165) is 29.8 Å². The number of halogens is 4. The molecular weight excluding hydrogens is 417 g/mol. The zero-order valence-corrected chi connectivity index (χ0v) is 16.2. The first kappa shape index (κ1) is 21.4. The van der Waals surface area contributed by atoms with E-state index >= 15 is 0 Å². The summed E-state index contributed by atoms with van der Waals surface area (Å²) in [5, 5.41) is 4.46. The Morgan fingerprint density at radius 2 is 1.73 bits per heavy atom. The Balaban J connectivity index is 1.51. The number of nitrogens with zero attached hydrogens (tertiary/aromatic N) is 1. The van der Waals surface area contributed by atoms with Crippen molar-refractivity contribution in [2.75, 3.05) is 0 Å². The lowest BCUT2D eigenvalue weighted by atomic mass is 10.1. The zero-order chi connectivity index (χ0) is 21.6. The van der Waals surface area contributed by atoms with Crippen LogP contribution >= 0.6 is 11.6 Å². The van der Waals surface area contributed by atoms with Crippen LogP contribution in [0.3, 0.4) is 0 Å². The molecule has 0 aliphatic rings. The van der Waals surface area contributed by atoms with Crippen LogP contribution in [0.2, 0.25) is 5.02 Å². The molecule has 3 aromatic carbocycles. The highest BCUT2D eigenvalue weighted by Gasteiger charge is 2.30. The highest BCUT2D eigenvalue weighted by Crippen LogP contribution is 2.29. The summed E-state index contributed by atoms with van der Waals surface area (Å²) in [6.07, 6.45) is -3.03. The number of hydrazone groups is 1. The molecule has 0 heterocycles. The summed E-state index contributed by atoms with van der Waals surface area (Å²) in [5.41, 5.74) is 3.18. The van der Waals surface area contributed by atoms with Gasteiger partial charge in [0.15, 0.2) is 0 Å². The van der Waals surface area contributed by atoms with Crippen LogP contribution in [-0.2, 0) is 12.8 Å². The summed E-state index contributed by atoms with van der Waals surface area (Å²) in [6, 6.07) is 18.3. The van der Waals surface area contributed by atoms with Gasteiger partial charge in [0.05, 0.1) is 11.8 Å². The van der Waals surface area contributed by atoms with Crippen molar-refractivity contribution in [1.82, 2.24) is 5.43 Å². The quantitative estimate of drug-likeness (QED) is 0.401. The molecule has 3 aromatic rings. The number of nitrogens with one attached hydrogen (secondary N) is 1. The lowest BCUT2D eigenvalue weighted by molar-refractivity contribution is -0.137. The van der Waals surface area contributed by atoms with Crippen LogP contribution in [0.15, 0.2) is 77.9 Å². The van der Waals surface area contributed by atoms with Crippen molar-refractivity contribution in [3.8, 4) is 5.75 Å². The fourth-order valence-corrected chi connectivity index (χ4v) is 2.70. The summed E-state index contributed by atoms with van der Waals surface area (Å²) in [6.45, 7) is 0.372. The molecule has 0 spiro atoms. The smallest absolute Gasteiger partial charge is 0.416 e. The molecule has 0 saturated carbocycles. The van der Waals surface area contributed by atoms with E-state index in [0.29, 0.717) is 22.9 Å². The Morgan fingerprint density at radius 3 is 2.37 bits per heavy atom. The Kier molecular flexibility index (Phi) is 6.74. The molecule has 1 amide bonds. The average molecular weight is 433 g/mol. The molecule has 8 heteroatoms. The minimum absolute atomic E-state index is 0.0740. The molecule has 0 aromatic heterocycles. The van der Waals surface area contributed by atoms with E-state index < -0.39 is 17.6 Å². The predicted octanol–water partition coefficient (Wildman–Crippen LogP) is 5.70. The molecular formula is C22H16ClF3N2O2. The Bertz CT molecular complexity index is 1030. The highest BCUT2D eigenvalue weighted by molar-refractivity contribution is 6.30. The van der Waals surface area contributed by atoms with E-state index in [4.69, 9.17) is 16.3 Å². The van der Waals surface area contributed by atoms with E-state index in [-0.39, 0.29) is 5.56 Å². The summed E-state index contributed by atoms with van der Waals surface area (Å²) >= 11 is 5.94. The second kappa shape index (κ2) is 9.45. The summed E-state index contributed by atoms with van der Waals surface area (Å²) in [7, 11) is 0. The lowest BCUT2D eigenvalue weighted by Gasteiger charge is -2.07. The molecule has 0 aliphatic carbocycles. The summed E-state index contributed by atoms with van der Waals surface area (Å²) in [4.78, 5) is 12.0. The molecule has 154 valence electrons. The molecule has 0 unspecified atom stereocenters.